The number of H-pyrrole nitrogens is 1. The second kappa shape index (κ2) is 8.49. The average molecular weight is 444 g/mol. The predicted octanol–water partition coefficient (Wildman–Crippen LogP) is 2.47. The van der Waals surface area contributed by atoms with Crippen LogP contribution in [0.3, 0.4) is 0 Å². The van der Waals surface area contributed by atoms with E-state index in [-0.39, 0.29) is 16.8 Å². The van der Waals surface area contributed by atoms with Crippen LogP contribution in [0.15, 0.2) is 64.9 Å². The Labute approximate surface area is 179 Å². The summed E-state index contributed by atoms with van der Waals surface area (Å²) in [4.78, 5) is 16.8. The van der Waals surface area contributed by atoms with Gasteiger partial charge >= 0.3 is 0 Å². The summed E-state index contributed by atoms with van der Waals surface area (Å²) in [6, 6.07) is 13.4. The van der Waals surface area contributed by atoms with Gasteiger partial charge in [-0.05, 0) is 49.2 Å². The van der Waals surface area contributed by atoms with Crippen molar-refractivity contribution in [1.29, 1.82) is 0 Å². The smallest absolute Gasteiger partial charge is 0.264 e. The van der Waals surface area contributed by atoms with Gasteiger partial charge in [0.15, 0.2) is 5.16 Å². The van der Waals surface area contributed by atoms with Crippen LogP contribution in [0.5, 0.6) is 0 Å². The molecule has 0 bridgehead atoms. The molecule has 1 aliphatic rings. The van der Waals surface area contributed by atoms with Crippen LogP contribution in [-0.2, 0) is 16.4 Å². The van der Waals surface area contributed by atoms with E-state index in [0.717, 1.165) is 5.56 Å². The molecule has 4 rings (SSSR count). The van der Waals surface area contributed by atoms with Crippen molar-refractivity contribution in [3.05, 3.63) is 66.0 Å². The molecule has 0 unspecified atom stereocenters. The third-order valence-corrected chi connectivity index (χ3v) is 7.63. The maximum Gasteiger partial charge on any atom is 0.264 e. The number of anilines is 1. The molecule has 10 heteroatoms. The minimum Gasteiger partial charge on any atom is -0.351 e. The molecule has 0 saturated carbocycles. The van der Waals surface area contributed by atoms with Crippen LogP contribution in [0.1, 0.15) is 22.8 Å². The van der Waals surface area contributed by atoms with Crippen LogP contribution in [0, 0.1) is 0 Å². The number of benzene rings is 2. The average Bonchev–Trinajstić information content (AvgIpc) is 3.38. The summed E-state index contributed by atoms with van der Waals surface area (Å²) in [7, 11) is -3.66. The van der Waals surface area contributed by atoms with Gasteiger partial charge in [-0.1, -0.05) is 30.0 Å². The molecule has 8 nitrogen and oxygen atoms in total. The lowest BCUT2D eigenvalue weighted by molar-refractivity contribution is 0.0956. The molecule has 3 aromatic rings. The molecule has 2 aromatic carbocycles. The van der Waals surface area contributed by atoms with Crippen LogP contribution in [0.2, 0.25) is 0 Å². The maximum atomic E-state index is 13.1. The highest BCUT2D eigenvalue weighted by atomic mass is 32.2. The normalized spacial score (nSPS) is 15.8. The summed E-state index contributed by atoms with van der Waals surface area (Å²) in [5.74, 6) is 0.472. The molecular weight excluding hydrogens is 422 g/mol. The lowest BCUT2D eigenvalue weighted by atomic mass is 10.1. The van der Waals surface area contributed by atoms with Crippen LogP contribution in [0.25, 0.3) is 0 Å². The van der Waals surface area contributed by atoms with E-state index in [1.807, 2.05) is 6.92 Å². The molecule has 1 aliphatic heterocycles. The zero-order chi connectivity index (χ0) is 21.1. The SMILES string of the molecule is C[C@@H]1Cc2cc(C(=O)NCCSc3ncn[nH]3)ccc2N1S(=O)(=O)c1ccccc1. The Morgan fingerprint density at radius 2 is 2.07 bits per heavy atom. The highest BCUT2D eigenvalue weighted by Crippen LogP contribution is 2.37. The van der Waals surface area contributed by atoms with Gasteiger partial charge in [0, 0.05) is 23.9 Å². The Morgan fingerprint density at radius 1 is 1.27 bits per heavy atom. The topological polar surface area (TPSA) is 108 Å². The summed E-state index contributed by atoms with van der Waals surface area (Å²) in [6.45, 7) is 2.35. The van der Waals surface area contributed by atoms with Crippen molar-refractivity contribution in [3.63, 3.8) is 0 Å². The molecule has 1 atom stereocenters. The monoisotopic (exact) mass is 443 g/mol. The van der Waals surface area contributed by atoms with E-state index in [1.165, 1.54) is 22.4 Å². The minimum atomic E-state index is -3.66. The van der Waals surface area contributed by atoms with Crippen molar-refractivity contribution in [3.8, 4) is 0 Å². The highest BCUT2D eigenvalue weighted by molar-refractivity contribution is 7.99. The van der Waals surface area contributed by atoms with Gasteiger partial charge in [0.05, 0.1) is 10.6 Å². The van der Waals surface area contributed by atoms with Crippen molar-refractivity contribution in [2.24, 2.45) is 0 Å². The quantitative estimate of drug-likeness (QED) is 0.429. The Balaban J connectivity index is 1.46. The third-order valence-electron chi connectivity index (χ3n) is 4.81. The number of hydrogen-bond donors (Lipinski definition) is 2. The first kappa shape index (κ1) is 20.4. The van der Waals surface area contributed by atoms with Crippen molar-refractivity contribution in [1.82, 2.24) is 20.5 Å². The number of rotatable bonds is 7. The van der Waals surface area contributed by atoms with E-state index >= 15 is 0 Å². The zero-order valence-corrected chi connectivity index (χ0v) is 17.9. The number of hydrogen-bond acceptors (Lipinski definition) is 6. The Morgan fingerprint density at radius 3 is 2.80 bits per heavy atom. The Hall–Kier alpha value is -2.85. The van der Waals surface area contributed by atoms with Gasteiger partial charge in [0.25, 0.3) is 15.9 Å². The van der Waals surface area contributed by atoms with Crippen molar-refractivity contribution in [2.45, 2.75) is 29.4 Å². The fourth-order valence-corrected chi connectivity index (χ4v) is 5.84. The summed E-state index contributed by atoms with van der Waals surface area (Å²) < 4.78 is 27.7. The Kier molecular flexibility index (Phi) is 5.78. The molecule has 0 aliphatic carbocycles. The second-order valence-corrected chi connectivity index (χ2v) is 9.80. The number of carbonyl (C=O) groups is 1. The first-order chi connectivity index (χ1) is 14.5. The number of thioether (sulfide) groups is 1. The number of amides is 1. The summed E-state index contributed by atoms with van der Waals surface area (Å²) in [5, 5.41) is 10.1. The molecule has 1 amide bonds. The molecular formula is C20H21N5O3S2. The minimum absolute atomic E-state index is 0.187. The van der Waals surface area contributed by atoms with E-state index in [0.29, 0.717) is 35.1 Å². The summed E-state index contributed by atoms with van der Waals surface area (Å²) in [5.41, 5.74) is 2.00. The van der Waals surface area contributed by atoms with Gasteiger partial charge in [-0.25, -0.2) is 13.4 Å². The highest BCUT2D eigenvalue weighted by Gasteiger charge is 2.36. The van der Waals surface area contributed by atoms with Crippen molar-refractivity contribution in [2.75, 3.05) is 16.6 Å². The summed E-state index contributed by atoms with van der Waals surface area (Å²) in [6.07, 6.45) is 2.00. The van der Waals surface area contributed by atoms with Gasteiger partial charge in [-0.2, -0.15) is 5.10 Å². The first-order valence-corrected chi connectivity index (χ1v) is 11.9. The third kappa shape index (κ3) is 4.05. The molecule has 0 fully saturated rings. The fraction of sp³-hybridized carbons (Fsp3) is 0.250. The molecule has 0 spiro atoms. The standard InChI is InChI=1S/C20H21N5O3S2/c1-14-11-16-12-15(19(26)21-9-10-29-20-22-13-23-24-20)7-8-18(16)25(14)30(27,28)17-5-3-2-4-6-17/h2-8,12-14H,9-11H2,1H3,(H,21,26)(H,22,23,24)/t14-/m1/s1. The van der Waals surface area contributed by atoms with Crippen molar-refractivity contribution < 1.29 is 13.2 Å². The predicted molar refractivity (Wildman–Crippen MR) is 115 cm³/mol. The van der Waals surface area contributed by atoms with E-state index in [2.05, 4.69) is 20.5 Å². The lowest BCUT2D eigenvalue weighted by Crippen LogP contribution is -2.35. The molecule has 30 heavy (non-hydrogen) atoms. The van der Waals surface area contributed by atoms with Crippen LogP contribution >= 0.6 is 11.8 Å². The summed E-state index contributed by atoms with van der Waals surface area (Å²) >= 11 is 1.47. The molecule has 0 radical (unpaired) electrons. The number of nitrogens with zero attached hydrogens (tertiary/aromatic N) is 3. The van der Waals surface area contributed by atoms with E-state index in [4.69, 9.17) is 0 Å². The number of aromatic amines is 1. The van der Waals surface area contributed by atoms with Crippen LogP contribution in [0.4, 0.5) is 5.69 Å². The largest absolute Gasteiger partial charge is 0.351 e. The van der Waals surface area contributed by atoms with Crippen LogP contribution < -0.4 is 9.62 Å². The maximum absolute atomic E-state index is 13.1. The molecule has 0 saturated heterocycles. The number of fused-ring (bicyclic) bond motifs is 1. The van der Waals surface area contributed by atoms with Gasteiger partial charge in [-0.3, -0.25) is 14.2 Å². The number of sulfonamides is 1. The first-order valence-electron chi connectivity index (χ1n) is 9.45. The molecule has 2 N–H and O–H groups in total. The van der Waals surface area contributed by atoms with Crippen molar-refractivity contribution >= 4 is 33.4 Å². The van der Waals surface area contributed by atoms with Crippen LogP contribution in [-0.4, -0.2) is 47.8 Å². The van der Waals surface area contributed by atoms with E-state index < -0.39 is 10.0 Å². The van der Waals surface area contributed by atoms with E-state index in [9.17, 15) is 13.2 Å². The fourth-order valence-electron chi connectivity index (χ4n) is 3.49. The lowest BCUT2D eigenvalue weighted by Gasteiger charge is -2.24. The van der Waals surface area contributed by atoms with Gasteiger partial charge in [-0.15, -0.1) is 0 Å². The van der Waals surface area contributed by atoms with Gasteiger partial charge in [0.1, 0.15) is 6.33 Å². The zero-order valence-electron chi connectivity index (χ0n) is 16.3. The Bertz CT molecular complexity index is 1130. The molecule has 2 heterocycles. The van der Waals surface area contributed by atoms with Gasteiger partial charge < -0.3 is 5.32 Å². The molecule has 1 aromatic heterocycles. The van der Waals surface area contributed by atoms with E-state index in [1.54, 1.807) is 48.5 Å². The number of aromatic nitrogens is 3. The number of carbonyl (C=O) groups excluding carboxylic acids is 1. The number of nitrogens with one attached hydrogen (secondary N) is 2. The second-order valence-electron chi connectivity index (χ2n) is 6.91. The molecule has 156 valence electrons. The van der Waals surface area contributed by atoms with Gasteiger partial charge in [0.2, 0.25) is 0 Å².